The number of anilines is 2. The summed E-state index contributed by atoms with van der Waals surface area (Å²) in [5.74, 6) is -0.467. The second-order valence-corrected chi connectivity index (χ2v) is 9.31. The zero-order valence-electron chi connectivity index (χ0n) is 19.4. The van der Waals surface area contributed by atoms with Gasteiger partial charge in [0.1, 0.15) is 17.5 Å². The molecule has 9 heteroatoms. The summed E-state index contributed by atoms with van der Waals surface area (Å²) in [6.45, 7) is 4.54. The molecule has 3 heterocycles. The van der Waals surface area contributed by atoms with Gasteiger partial charge in [-0.25, -0.2) is 13.8 Å². The average Bonchev–Trinajstić information content (AvgIpc) is 2.89. The number of halogens is 3. The first kappa shape index (κ1) is 23.5. The van der Waals surface area contributed by atoms with Gasteiger partial charge in [0.25, 0.3) is 5.91 Å². The van der Waals surface area contributed by atoms with Crippen LogP contribution in [0.3, 0.4) is 0 Å². The van der Waals surface area contributed by atoms with E-state index in [1.54, 1.807) is 6.20 Å². The fourth-order valence-corrected chi connectivity index (χ4v) is 4.70. The molecular formula is C26H26ClF2N5O. The monoisotopic (exact) mass is 497 g/mol. The Morgan fingerprint density at radius 1 is 1.00 bits per heavy atom. The zero-order valence-corrected chi connectivity index (χ0v) is 20.2. The van der Waals surface area contributed by atoms with E-state index in [1.807, 2.05) is 40.1 Å². The number of pyridine rings is 1. The van der Waals surface area contributed by atoms with Gasteiger partial charge in [-0.1, -0.05) is 23.7 Å². The molecule has 2 aliphatic rings. The number of nitrogens with zero attached hydrogens (tertiary/aromatic N) is 4. The van der Waals surface area contributed by atoms with Gasteiger partial charge in [-0.15, -0.1) is 0 Å². The summed E-state index contributed by atoms with van der Waals surface area (Å²) in [6, 6.07) is 11.6. The third-order valence-electron chi connectivity index (χ3n) is 6.63. The topological polar surface area (TPSA) is 51.7 Å². The van der Waals surface area contributed by atoms with Crippen molar-refractivity contribution >= 4 is 29.0 Å². The van der Waals surface area contributed by atoms with Crippen LogP contribution in [0.1, 0.15) is 15.9 Å². The lowest BCUT2D eigenvalue weighted by Gasteiger charge is -2.32. The van der Waals surface area contributed by atoms with Crippen molar-refractivity contribution in [1.29, 1.82) is 0 Å². The quantitative estimate of drug-likeness (QED) is 0.538. The number of amides is 1. The summed E-state index contributed by atoms with van der Waals surface area (Å²) in [5, 5.41) is 3.05. The molecule has 0 unspecified atom stereocenters. The molecule has 0 atom stereocenters. The third kappa shape index (κ3) is 4.81. The van der Waals surface area contributed by atoms with Crippen LogP contribution in [0.15, 0.2) is 48.7 Å². The molecule has 1 fully saturated rings. The summed E-state index contributed by atoms with van der Waals surface area (Å²) in [5.41, 5.74) is 3.34. The SMILES string of the molecule is CN1CCN(C(=O)c2ccc(-c3cnc4c(c3)N(Cc3c(F)ccc(F)c3Cl)CCN4)cc2)CC1. The number of aromatic nitrogens is 1. The minimum Gasteiger partial charge on any atom is -0.367 e. The molecule has 5 rings (SSSR count). The number of fused-ring (bicyclic) bond motifs is 1. The van der Waals surface area contributed by atoms with E-state index in [4.69, 9.17) is 11.6 Å². The number of piperazine rings is 1. The lowest BCUT2D eigenvalue weighted by Crippen LogP contribution is -2.47. The average molecular weight is 498 g/mol. The van der Waals surface area contributed by atoms with Crippen molar-refractivity contribution in [3.63, 3.8) is 0 Å². The van der Waals surface area contributed by atoms with Crippen LogP contribution in [-0.4, -0.2) is 67.0 Å². The summed E-state index contributed by atoms with van der Waals surface area (Å²) < 4.78 is 28.4. The maximum absolute atomic E-state index is 14.4. The van der Waals surface area contributed by atoms with Gasteiger partial charge in [0, 0.05) is 68.7 Å². The molecule has 6 nitrogen and oxygen atoms in total. The van der Waals surface area contributed by atoms with Crippen LogP contribution in [0.5, 0.6) is 0 Å². The Morgan fingerprint density at radius 2 is 1.71 bits per heavy atom. The molecule has 2 aliphatic heterocycles. The van der Waals surface area contributed by atoms with E-state index in [0.717, 1.165) is 55.1 Å². The van der Waals surface area contributed by atoms with Gasteiger partial charge in [-0.3, -0.25) is 4.79 Å². The van der Waals surface area contributed by atoms with Gasteiger partial charge < -0.3 is 20.0 Å². The number of likely N-dealkylation sites (N-methyl/N-ethyl adjacent to an activating group) is 1. The van der Waals surface area contributed by atoms with Gasteiger partial charge in [0.15, 0.2) is 0 Å². The normalized spacial score (nSPS) is 16.1. The van der Waals surface area contributed by atoms with Crippen LogP contribution in [0.2, 0.25) is 5.02 Å². The first-order chi connectivity index (χ1) is 16.9. The van der Waals surface area contributed by atoms with E-state index in [9.17, 15) is 13.6 Å². The molecule has 0 bridgehead atoms. The molecule has 1 aromatic heterocycles. The number of benzene rings is 2. The van der Waals surface area contributed by atoms with Crippen molar-refractivity contribution in [1.82, 2.24) is 14.8 Å². The molecule has 182 valence electrons. The molecule has 1 amide bonds. The molecule has 3 aromatic rings. The minimum atomic E-state index is -0.642. The van der Waals surface area contributed by atoms with Crippen LogP contribution in [0, 0.1) is 11.6 Å². The van der Waals surface area contributed by atoms with Gasteiger partial charge in [0.05, 0.1) is 10.7 Å². The maximum Gasteiger partial charge on any atom is 0.253 e. The molecule has 1 saturated heterocycles. The predicted octanol–water partition coefficient (Wildman–Crippen LogP) is 4.50. The summed E-state index contributed by atoms with van der Waals surface area (Å²) >= 11 is 6.07. The Bertz CT molecular complexity index is 1250. The predicted molar refractivity (Wildman–Crippen MR) is 134 cm³/mol. The van der Waals surface area contributed by atoms with Crippen LogP contribution in [0.25, 0.3) is 11.1 Å². The van der Waals surface area contributed by atoms with Crippen LogP contribution < -0.4 is 10.2 Å². The van der Waals surface area contributed by atoms with E-state index in [1.165, 1.54) is 0 Å². The fraction of sp³-hybridized carbons (Fsp3) is 0.308. The molecule has 2 aromatic carbocycles. The number of nitrogens with one attached hydrogen (secondary N) is 1. The highest BCUT2D eigenvalue weighted by Gasteiger charge is 2.23. The lowest BCUT2D eigenvalue weighted by molar-refractivity contribution is 0.0664. The molecule has 0 radical (unpaired) electrons. The number of rotatable bonds is 4. The Morgan fingerprint density at radius 3 is 2.46 bits per heavy atom. The van der Waals surface area contributed by atoms with Gasteiger partial charge in [0.2, 0.25) is 0 Å². The first-order valence-electron chi connectivity index (χ1n) is 11.6. The van der Waals surface area contributed by atoms with Crippen molar-refractivity contribution in [2.45, 2.75) is 6.54 Å². The van der Waals surface area contributed by atoms with Gasteiger partial charge >= 0.3 is 0 Å². The van der Waals surface area contributed by atoms with Crippen molar-refractivity contribution in [3.05, 3.63) is 76.4 Å². The largest absolute Gasteiger partial charge is 0.367 e. The number of carbonyl (C=O) groups is 1. The second kappa shape index (κ2) is 9.79. The van der Waals surface area contributed by atoms with Crippen LogP contribution in [-0.2, 0) is 6.54 Å². The maximum atomic E-state index is 14.4. The lowest BCUT2D eigenvalue weighted by atomic mass is 10.0. The Balaban J connectivity index is 1.38. The van der Waals surface area contributed by atoms with E-state index in [2.05, 4.69) is 22.2 Å². The van der Waals surface area contributed by atoms with E-state index >= 15 is 0 Å². The second-order valence-electron chi connectivity index (χ2n) is 8.93. The van der Waals surface area contributed by atoms with Gasteiger partial charge in [-0.05, 0) is 42.9 Å². The van der Waals surface area contributed by atoms with Gasteiger partial charge in [-0.2, -0.15) is 0 Å². The molecule has 0 aliphatic carbocycles. The molecule has 0 saturated carbocycles. The summed E-state index contributed by atoms with van der Waals surface area (Å²) in [7, 11) is 2.06. The first-order valence-corrected chi connectivity index (χ1v) is 12.0. The van der Waals surface area contributed by atoms with Crippen LogP contribution in [0.4, 0.5) is 20.3 Å². The molecule has 35 heavy (non-hydrogen) atoms. The number of carbonyl (C=O) groups excluding carboxylic acids is 1. The molecule has 0 spiro atoms. The highest BCUT2D eigenvalue weighted by Crippen LogP contribution is 2.34. The van der Waals surface area contributed by atoms with Crippen LogP contribution >= 0.6 is 11.6 Å². The van der Waals surface area contributed by atoms with Crippen molar-refractivity contribution in [2.24, 2.45) is 0 Å². The molecular weight excluding hydrogens is 472 g/mol. The smallest absolute Gasteiger partial charge is 0.253 e. The van der Waals surface area contributed by atoms with Crippen molar-refractivity contribution in [2.75, 3.05) is 56.5 Å². The van der Waals surface area contributed by atoms with Crippen molar-refractivity contribution in [3.8, 4) is 11.1 Å². The number of hydrogen-bond donors (Lipinski definition) is 1. The van der Waals surface area contributed by atoms with Crippen molar-refractivity contribution < 1.29 is 13.6 Å². The van der Waals surface area contributed by atoms with E-state index < -0.39 is 11.6 Å². The molecule has 1 N–H and O–H groups in total. The Hall–Kier alpha value is -3.23. The van der Waals surface area contributed by atoms with E-state index in [-0.39, 0.29) is 23.0 Å². The highest BCUT2D eigenvalue weighted by atomic mass is 35.5. The number of hydrogen-bond acceptors (Lipinski definition) is 5. The van der Waals surface area contributed by atoms with E-state index in [0.29, 0.717) is 24.5 Å². The standard InChI is InChI=1S/C26H26ClF2N5O/c1-32-10-12-33(13-11-32)26(35)18-4-2-17(3-5-18)19-14-23-25(31-15-19)30-8-9-34(23)16-20-21(28)6-7-22(29)24(20)27/h2-7,14-15H,8-13,16H2,1H3,(H,30,31). The zero-order chi connectivity index (χ0) is 24.5. The third-order valence-corrected chi connectivity index (χ3v) is 7.03. The highest BCUT2D eigenvalue weighted by molar-refractivity contribution is 6.31. The minimum absolute atomic E-state index is 0.0394. The fourth-order valence-electron chi connectivity index (χ4n) is 4.48. The summed E-state index contributed by atoms with van der Waals surface area (Å²) in [6.07, 6.45) is 1.77. The Labute approximate surface area is 208 Å². The Kier molecular flexibility index (Phi) is 6.58. The summed E-state index contributed by atoms with van der Waals surface area (Å²) in [4.78, 5) is 23.4.